The molecule has 3 aromatic carbocycles. The quantitative estimate of drug-likeness (QED) is 0.306. The van der Waals surface area contributed by atoms with Gasteiger partial charge in [-0.15, -0.1) is 0 Å². The number of pyridine rings is 2. The first kappa shape index (κ1) is 21.1. The van der Waals surface area contributed by atoms with E-state index in [1.165, 1.54) is 12.1 Å². The Kier molecular flexibility index (Phi) is 5.82. The summed E-state index contributed by atoms with van der Waals surface area (Å²) in [5.41, 5.74) is 3.42. The van der Waals surface area contributed by atoms with Crippen molar-refractivity contribution < 1.29 is 13.9 Å². The highest BCUT2D eigenvalue weighted by Gasteiger charge is 2.10. The van der Waals surface area contributed by atoms with Gasteiger partial charge in [-0.1, -0.05) is 12.1 Å². The zero-order valence-electron chi connectivity index (χ0n) is 17.9. The summed E-state index contributed by atoms with van der Waals surface area (Å²) in [5, 5.41) is 6.73. The predicted octanol–water partition coefficient (Wildman–Crippen LogP) is 6.56. The van der Waals surface area contributed by atoms with Crippen LogP contribution in [0.25, 0.3) is 10.9 Å². The number of hydrogen-bond donors (Lipinski definition) is 2. The van der Waals surface area contributed by atoms with Crippen molar-refractivity contribution in [1.82, 2.24) is 9.97 Å². The van der Waals surface area contributed by atoms with Crippen LogP contribution in [0.2, 0.25) is 0 Å². The second-order valence-electron chi connectivity index (χ2n) is 7.50. The van der Waals surface area contributed by atoms with Crippen molar-refractivity contribution in [2.24, 2.45) is 0 Å². The lowest BCUT2D eigenvalue weighted by Crippen LogP contribution is -2.12. The molecule has 5 rings (SSSR count). The van der Waals surface area contributed by atoms with Crippen LogP contribution in [0.1, 0.15) is 10.4 Å². The molecule has 0 atom stereocenters. The van der Waals surface area contributed by atoms with Gasteiger partial charge in [-0.2, -0.15) is 0 Å². The molecule has 2 aromatic heterocycles. The van der Waals surface area contributed by atoms with E-state index in [2.05, 4.69) is 20.6 Å². The average Bonchev–Trinajstić information content (AvgIpc) is 2.85. The number of benzene rings is 3. The summed E-state index contributed by atoms with van der Waals surface area (Å²) in [5.74, 6) is 0.255. The van der Waals surface area contributed by atoms with Gasteiger partial charge < -0.3 is 15.4 Å². The number of hydrogen-bond acceptors (Lipinski definition) is 5. The number of halogens is 1. The van der Waals surface area contributed by atoms with E-state index in [4.69, 9.17) is 4.74 Å². The van der Waals surface area contributed by atoms with E-state index < -0.39 is 0 Å². The van der Waals surface area contributed by atoms with Crippen molar-refractivity contribution in [3.8, 4) is 11.5 Å². The SMILES string of the molecule is O=C(Nc1cccc(Nc2ccncc2)c1)c1cccc(Oc2ccnc3ccc(F)cc23)c1. The summed E-state index contributed by atoms with van der Waals surface area (Å²) in [6.07, 6.45) is 5.00. The summed E-state index contributed by atoms with van der Waals surface area (Å²) >= 11 is 0. The Bertz CT molecular complexity index is 1470. The summed E-state index contributed by atoms with van der Waals surface area (Å²) in [6.45, 7) is 0. The Morgan fingerprint density at radius 2 is 1.62 bits per heavy atom. The summed E-state index contributed by atoms with van der Waals surface area (Å²) in [4.78, 5) is 21.1. The summed E-state index contributed by atoms with van der Waals surface area (Å²) in [7, 11) is 0. The number of fused-ring (bicyclic) bond motifs is 1. The largest absolute Gasteiger partial charge is 0.457 e. The highest BCUT2D eigenvalue weighted by molar-refractivity contribution is 6.04. The van der Waals surface area contributed by atoms with Gasteiger partial charge in [-0.3, -0.25) is 14.8 Å². The molecule has 5 aromatic rings. The Hall–Kier alpha value is -4.78. The summed E-state index contributed by atoms with van der Waals surface area (Å²) < 4.78 is 19.7. The number of rotatable bonds is 6. The van der Waals surface area contributed by atoms with E-state index in [1.807, 2.05) is 36.4 Å². The fraction of sp³-hybridized carbons (Fsp3) is 0. The number of aromatic nitrogens is 2. The molecular formula is C27H19FN4O2. The lowest BCUT2D eigenvalue weighted by atomic mass is 10.1. The Morgan fingerprint density at radius 1 is 0.794 bits per heavy atom. The van der Waals surface area contributed by atoms with Crippen LogP contribution in [-0.2, 0) is 0 Å². The highest BCUT2D eigenvalue weighted by atomic mass is 19.1. The molecule has 0 saturated heterocycles. The second kappa shape index (κ2) is 9.38. The Morgan fingerprint density at radius 3 is 2.50 bits per heavy atom. The van der Waals surface area contributed by atoms with Crippen molar-refractivity contribution in [3.05, 3.63) is 115 Å². The highest BCUT2D eigenvalue weighted by Crippen LogP contribution is 2.30. The van der Waals surface area contributed by atoms with Crippen LogP contribution in [0.3, 0.4) is 0 Å². The van der Waals surface area contributed by atoms with Crippen LogP contribution in [0, 0.1) is 5.82 Å². The lowest BCUT2D eigenvalue weighted by molar-refractivity contribution is 0.102. The standard InChI is InChI=1S/C27H19FN4O2/c28-19-7-8-25-24(16-19)26(11-14-30-25)34-23-6-1-3-18(15-23)27(33)32-22-5-2-4-21(17-22)31-20-9-12-29-13-10-20/h1-17H,(H,29,31)(H,32,33). The van der Waals surface area contributed by atoms with Crippen molar-refractivity contribution >= 4 is 33.9 Å². The fourth-order valence-electron chi connectivity index (χ4n) is 3.49. The van der Waals surface area contributed by atoms with E-state index >= 15 is 0 Å². The zero-order valence-corrected chi connectivity index (χ0v) is 17.9. The lowest BCUT2D eigenvalue weighted by Gasteiger charge is -2.11. The Balaban J connectivity index is 1.33. The third-order valence-electron chi connectivity index (χ3n) is 5.08. The van der Waals surface area contributed by atoms with Crippen molar-refractivity contribution in [2.45, 2.75) is 0 Å². The molecule has 7 heteroatoms. The van der Waals surface area contributed by atoms with Crippen LogP contribution >= 0.6 is 0 Å². The number of carbonyl (C=O) groups excluding carboxylic acids is 1. The smallest absolute Gasteiger partial charge is 0.255 e. The molecule has 0 radical (unpaired) electrons. The molecule has 34 heavy (non-hydrogen) atoms. The molecule has 6 nitrogen and oxygen atoms in total. The van der Waals surface area contributed by atoms with Crippen molar-refractivity contribution in [2.75, 3.05) is 10.6 Å². The number of nitrogens with one attached hydrogen (secondary N) is 2. The molecule has 0 unspecified atom stereocenters. The average molecular weight is 450 g/mol. The molecule has 2 N–H and O–H groups in total. The van der Waals surface area contributed by atoms with Gasteiger partial charge in [0.2, 0.25) is 0 Å². The minimum absolute atomic E-state index is 0.280. The molecule has 1 amide bonds. The van der Waals surface area contributed by atoms with Gasteiger partial charge in [0.05, 0.1) is 5.52 Å². The van der Waals surface area contributed by atoms with Crippen LogP contribution in [0.4, 0.5) is 21.5 Å². The molecule has 0 saturated carbocycles. The van der Waals surface area contributed by atoms with Gasteiger partial charge >= 0.3 is 0 Å². The number of nitrogens with zero attached hydrogens (tertiary/aromatic N) is 2. The number of anilines is 3. The third-order valence-corrected chi connectivity index (χ3v) is 5.08. The molecule has 0 aliphatic rings. The normalized spacial score (nSPS) is 10.6. The van der Waals surface area contributed by atoms with Crippen LogP contribution in [0.5, 0.6) is 11.5 Å². The minimum Gasteiger partial charge on any atom is -0.457 e. The molecule has 0 bridgehead atoms. The topological polar surface area (TPSA) is 76.1 Å². The third kappa shape index (κ3) is 4.83. The maximum atomic E-state index is 13.7. The van der Waals surface area contributed by atoms with Gasteiger partial charge in [0.15, 0.2) is 0 Å². The fourth-order valence-corrected chi connectivity index (χ4v) is 3.49. The van der Waals surface area contributed by atoms with Crippen molar-refractivity contribution in [1.29, 1.82) is 0 Å². The van der Waals surface area contributed by atoms with E-state index in [0.29, 0.717) is 33.7 Å². The first-order chi connectivity index (χ1) is 16.6. The maximum Gasteiger partial charge on any atom is 0.255 e. The Labute approximate surface area is 195 Å². The van der Waals surface area contributed by atoms with Crippen molar-refractivity contribution in [3.63, 3.8) is 0 Å². The van der Waals surface area contributed by atoms with Crippen LogP contribution in [0.15, 0.2) is 104 Å². The molecular weight excluding hydrogens is 431 g/mol. The number of carbonyl (C=O) groups is 1. The molecule has 166 valence electrons. The van der Waals surface area contributed by atoms with Gasteiger partial charge in [0, 0.05) is 46.6 Å². The molecule has 0 spiro atoms. The molecule has 0 fully saturated rings. The van der Waals surface area contributed by atoms with Gasteiger partial charge in [0.1, 0.15) is 17.3 Å². The van der Waals surface area contributed by atoms with E-state index in [1.54, 1.807) is 55.0 Å². The first-order valence-corrected chi connectivity index (χ1v) is 10.5. The second-order valence-corrected chi connectivity index (χ2v) is 7.50. The first-order valence-electron chi connectivity index (χ1n) is 10.5. The number of amides is 1. The van der Waals surface area contributed by atoms with E-state index in [-0.39, 0.29) is 11.7 Å². The summed E-state index contributed by atoms with van der Waals surface area (Å²) in [6, 6.07) is 23.9. The maximum absolute atomic E-state index is 13.7. The van der Waals surface area contributed by atoms with E-state index in [0.717, 1.165) is 11.4 Å². The molecule has 0 aliphatic heterocycles. The van der Waals surface area contributed by atoms with Gasteiger partial charge in [-0.05, 0) is 72.8 Å². The molecule has 0 aliphatic carbocycles. The molecule has 2 heterocycles. The van der Waals surface area contributed by atoms with E-state index in [9.17, 15) is 9.18 Å². The van der Waals surface area contributed by atoms with Gasteiger partial charge in [-0.25, -0.2) is 4.39 Å². The minimum atomic E-state index is -0.376. The van der Waals surface area contributed by atoms with Crippen LogP contribution in [-0.4, -0.2) is 15.9 Å². The zero-order chi connectivity index (χ0) is 23.3. The monoisotopic (exact) mass is 450 g/mol. The predicted molar refractivity (Wildman–Crippen MR) is 130 cm³/mol. The van der Waals surface area contributed by atoms with Gasteiger partial charge in [0.25, 0.3) is 5.91 Å². The van der Waals surface area contributed by atoms with Crippen LogP contribution < -0.4 is 15.4 Å². The number of ether oxygens (including phenoxy) is 1.